The SMILES string of the molecule is CNCCC(=O)Nc1ccn(CCc2ccncc2)n1.Cl.Cl. The highest BCUT2D eigenvalue weighted by Gasteiger charge is 2.04. The van der Waals surface area contributed by atoms with Gasteiger partial charge in [0, 0.05) is 44.2 Å². The highest BCUT2D eigenvalue weighted by Crippen LogP contribution is 2.05. The van der Waals surface area contributed by atoms with E-state index < -0.39 is 0 Å². The van der Waals surface area contributed by atoms with Crippen LogP contribution in [0.2, 0.25) is 0 Å². The summed E-state index contributed by atoms with van der Waals surface area (Å²) in [5.41, 5.74) is 1.22. The van der Waals surface area contributed by atoms with Gasteiger partial charge in [-0.25, -0.2) is 0 Å². The van der Waals surface area contributed by atoms with E-state index in [1.807, 2.05) is 36.1 Å². The second-order valence-electron chi connectivity index (χ2n) is 4.47. The van der Waals surface area contributed by atoms with Crippen LogP contribution in [0.15, 0.2) is 36.8 Å². The summed E-state index contributed by atoms with van der Waals surface area (Å²) < 4.78 is 1.83. The highest BCUT2D eigenvalue weighted by atomic mass is 35.5. The van der Waals surface area contributed by atoms with Crippen LogP contribution in [-0.2, 0) is 17.8 Å². The molecule has 0 aliphatic rings. The molecule has 122 valence electrons. The minimum Gasteiger partial charge on any atom is -0.319 e. The number of amides is 1. The number of halogens is 2. The molecule has 0 aliphatic carbocycles. The van der Waals surface area contributed by atoms with Gasteiger partial charge in [-0.3, -0.25) is 14.5 Å². The van der Waals surface area contributed by atoms with Crippen molar-refractivity contribution in [3.8, 4) is 0 Å². The molecule has 2 aromatic heterocycles. The van der Waals surface area contributed by atoms with Crippen molar-refractivity contribution in [2.45, 2.75) is 19.4 Å². The lowest BCUT2D eigenvalue weighted by Gasteiger charge is -2.03. The number of carbonyl (C=O) groups is 1. The molecule has 0 unspecified atom stereocenters. The van der Waals surface area contributed by atoms with E-state index in [9.17, 15) is 4.79 Å². The van der Waals surface area contributed by atoms with Gasteiger partial charge in [-0.2, -0.15) is 5.10 Å². The van der Waals surface area contributed by atoms with Crippen molar-refractivity contribution >= 4 is 36.5 Å². The van der Waals surface area contributed by atoms with Crippen molar-refractivity contribution < 1.29 is 4.79 Å². The number of carbonyl (C=O) groups excluding carboxylic acids is 1. The number of pyridine rings is 1. The number of nitrogens with one attached hydrogen (secondary N) is 2. The lowest BCUT2D eigenvalue weighted by molar-refractivity contribution is -0.116. The Bertz CT molecular complexity index is 547. The fraction of sp³-hybridized carbons (Fsp3) is 0.357. The smallest absolute Gasteiger partial charge is 0.226 e. The fourth-order valence-corrected chi connectivity index (χ4v) is 1.79. The fourth-order valence-electron chi connectivity index (χ4n) is 1.79. The molecule has 2 N–H and O–H groups in total. The van der Waals surface area contributed by atoms with Crippen LogP contribution in [0.25, 0.3) is 0 Å². The van der Waals surface area contributed by atoms with Gasteiger partial charge in [0.2, 0.25) is 5.91 Å². The van der Waals surface area contributed by atoms with E-state index >= 15 is 0 Å². The summed E-state index contributed by atoms with van der Waals surface area (Å²) >= 11 is 0. The van der Waals surface area contributed by atoms with Crippen molar-refractivity contribution in [3.63, 3.8) is 0 Å². The van der Waals surface area contributed by atoms with E-state index in [0.717, 1.165) is 13.0 Å². The van der Waals surface area contributed by atoms with Crippen LogP contribution in [0.1, 0.15) is 12.0 Å². The number of anilines is 1. The van der Waals surface area contributed by atoms with Gasteiger partial charge < -0.3 is 10.6 Å². The first-order valence-corrected chi connectivity index (χ1v) is 6.65. The Morgan fingerprint density at radius 1 is 1.23 bits per heavy atom. The quantitative estimate of drug-likeness (QED) is 0.803. The Morgan fingerprint density at radius 3 is 2.64 bits per heavy atom. The second kappa shape index (κ2) is 11.0. The van der Waals surface area contributed by atoms with E-state index in [1.54, 1.807) is 12.4 Å². The molecule has 0 aliphatic heterocycles. The summed E-state index contributed by atoms with van der Waals surface area (Å²) in [4.78, 5) is 15.5. The van der Waals surface area contributed by atoms with E-state index in [0.29, 0.717) is 18.8 Å². The van der Waals surface area contributed by atoms with E-state index in [2.05, 4.69) is 20.7 Å². The van der Waals surface area contributed by atoms with Gasteiger partial charge in [0.1, 0.15) is 0 Å². The summed E-state index contributed by atoms with van der Waals surface area (Å²) in [6.45, 7) is 1.44. The molecule has 0 spiro atoms. The van der Waals surface area contributed by atoms with Gasteiger partial charge in [-0.15, -0.1) is 24.8 Å². The zero-order valence-electron chi connectivity index (χ0n) is 12.4. The molecule has 0 aromatic carbocycles. The third-order valence-corrected chi connectivity index (χ3v) is 2.89. The normalized spacial score (nSPS) is 9.50. The number of hydrogen-bond acceptors (Lipinski definition) is 4. The van der Waals surface area contributed by atoms with E-state index in [-0.39, 0.29) is 30.7 Å². The maximum absolute atomic E-state index is 11.6. The van der Waals surface area contributed by atoms with Crippen molar-refractivity contribution in [3.05, 3.63) is 42.4 Å². The summed E-state index contributed by atoms with van der Waals surface area (Å²) in [6, 6.07) is 5.79. The molecule has 22 heavy (non-hydrogen) atoms. The molecule has 2 heterocycles. The number of nitrogens with zero attached hydrogens (tertiary/aromatic N) is 3. The predicted molar refractivity (Wildman–Crippen MR) is 91.8 cm³/mol. The number of rotatable bonds is 7. The highest BCUT2D eigenvalue weighted by molar-refractivity contribution is 5.89. The van der Waals surface area contributed by atoms with Crippen LogP contribution < -0.4 is 10.6 Å². The second-order valence-corrected chi connectivity index (χ2v) is 4.47. The van der Waals surface area contributed by atoms with Crippen LogP contribution >= 0.6 is 24.8 Å². The zero-order valence-corrected chi connectivity index (χ0v) is 14.0. The lowest BCUT2D eigenvalue weighted by atomic mass is 10.2. The Hall–Kier alpha value is -1.63. The van der Waals surface area contributed by atoms with Crippen molar-refractivity contribution in [2.75, 3.05) is 18.9 Å². The molecule has 8 heteroatoms. The largest absolute Gasteiger partial charge is 0.319 e. The summed E-state index contributed by atoms with van der Waals surface area (Å²) in [6.07, 6.45) is 6.77. The molecule has 2 rings (SSSR count). The molecule has 0 bridgehead atoms. The zero-order chi connectivity index (χ0) is 14.2. The monoisotopic (exact) mass is 345 g/mol. The minimum absolute atomic E-state index is 0. The van der Waals surface area contributed by atoms with Gasteiger partial charge in [-0.05, 0) is 31.2 Å². The maximum atomic E-state index is 11.6. The predicted octanol–water partition coefficient (Wildman–Crippen LogP) is 1.91. The molecular weight excluding hydrogens is 325 g/mol. The molecule has 1 amide bonds. The maximum Gasteiger partial charge on any atom is 0.226 e. The summed E-state index contributed by atoms with van der Waals surface area (Å²) in [5, 5.41) is 10.0. The Kier molecular flexibility index (Phi) is 10.2. The molecule has 0 fully saturated rings. The Labute approximate surface area is 142 Å². The first kappa shape index (κ1) is 20.4. The van der Waals surface area contributed by atoms with Crippen LogP contribution in [0, 0.1) is 0 Å². The van der Waals surface area contributed by atoms with Crippen molar-refractivity contribution in [1.82, 2.24) is 20.1 Å². The molecule has 2 aromatic rings. The van der Waals surface area contributed by atoms with Gasteiger partial charge in [0.05, 0.1) is 0 Å². The Morgan fingerprint density at radius 2 is 1.95 bits per heavy atom. The topological polar surface area (TPSA) is 71.8 Å². The molecule has 0 saturated heterocycles. The van der Waals surface area contributed by atoms with E-state index in [4.69, 9.17) is 0 Å². The third kappa shape index (κ3) is 6.89. The summed E-state index contributed by atoms with van der Waals surface area (Å²) in [5.74, 6) is 0.569. The Balaban J connectivity index is 0.00000220. The van der Waals surface area contributed by atoms with Gasteiger partial charge >= 0.3 is 0 Å². The first-order valence-electron chi connectivity index (χ1n) is 6.65. The molecule has 6 nitrogen and oxygen atoms in total. The molecule has 0 radical (unpaired) electrons. The third-order valence-electron chi connectivity index (χ3n) is 2.89. The van der Waals surface area contributed by atoms with Gasteiger partial charge in [0.25, 0.3) is 0 Å². The van der Waals surface area contributed by atoms with Crippen molar-refractivity contribution in [2.24, 2.45) is 0 Å². The lowest BCUT2D eigenvalue weighted by Crippen LogP contribution is -2.19. The average molecular weight is 346 g/mol. The number of aromatic nitrogens is 3. The standard InChI is InChI=1S/C14H19N5O.2ClH/c1-15-7-4-14(20)17-13-6-11-19(18-13)10-5-12-2-8-16-9-3-12;;/h2-3,6,8-9,11,15H,4-5,7,10H2,1H3,(H,17,18,20);2*1H. The van der Waals surface area contributed by atoms with Gasteiger partial charge in [0.15, 0.2) is 5.82 Å². The minimum atomic E-state index is -0.0290. The van der Waals surface area contributed by atoms with Crippen molar-refractivity contribution in [1.29, 1.82) is 0 Å². The molecule has 0 saturated carbocycles. The average Bonchev–Trinajstić information content (AvgIpc) is 2.91. The summed E-state index contributed by atoms with van der Waals surface area (Å²) in [7, 11) is 1.82. The molecule has 0 atom stereocenters. The number of hydrogen-bond donors (Lipinski definition) is 2. The number of aryl methyl sites for hydroxylation is 2. The molecular formula is C14H21Cl2N5O. The van der Waals surface area contributed by atoms with Crippen LogP contribution in [0.5, 0.6) is 0 Å². The van der Waals surface area contributed by atoms with Crippen LogP contribution in [0.3, 0.4) is 0 Å². The van der Waals surface area contributed by atoms with Crippen LogP contribution in [0.4, 0.5) is 5.82 Å². The first-order chi connectivity index (χ1) is 9.78. The van der Waals surface area contributed by atoms with Gasteiger partial charge in [-0.1, -0.05) is 0 Å². The van der Waals surface area contributed by atoms with E-state index in [1.165, 1.54) is 5.56 Å². The van der Waals surface area contributed by atoms with Crippen LogP contribution in [-0.4, -0.2) is 34.3 Å².